The third kappa shape index (κ3) is 3.43. The molecule has 1 heterocycles. The quantitative estimate of drug-likeness (QED) is 0.864. The lowest BCUT2D eigenvalue weighted by atomic mass is 10.0. The van der Waals surface area contributed by atoms with Crippen LogP contribution < -0.4 is 5.32 Å². The zero-order valence-electron chi connectivity index (χ0n) is 13.0. The van der Waals surface area contributed by atoms with E-state index in [0.717, 1.165) is 22.6 Å². The number of halogens is 1. The van der Waals surface area contributed by atoms with Crippen molar-refractivity contribution in [2.45, 2.75) is 17.4 Å². The Labute approximate surface area is 143 Å². The van der Waals surface area contributed by atoms with E-state index in [4.69, 9.17) is 0 Å². The Morgan fingerprint density at radius 3 is 2.58 bits per heavy atom. The van der Waals surface area contributed by atoms with Crippen LogP contribution in [0.5, 0.6) is 0 Å². The first-order valence-electron chi connectivity index (χ1n) is 7.50. The molecule has 1 atom stereocenters. The molecule has 0 saturated heterocycles. The fourth-order valence-electron chi connectivity index (χ4n) is 2.63. The number of hydrogen-bond donors (Lipinski definition) is 1. The summed E-state index contributed by atoms with van der Waals surface area (Å²) in [6, 6.07) is 10.7. The number of amides is 1. The summed E-state index contributed by atoms with van der Waals surface area (Å²) in [5.41, 5.74) is 1.64. The number of carbonyl (C=O) groups excluding carboxylic acids is 2. The average Bonchev–Trinajstić information content (AvgIpc) is 2.61. The minimum Gasteiger partial charge on any atom is -0.465 e. The highest BCUT2D eigenvalue weighted by molar-refractivity contribution is 7.99. The first-order chi connectivity index (χ1) is 11.6. The number of methoxy groups -OCH3 is 1. The van der Waals surface area contributed by atoms with Crippen LogP contribution >= 0.6 is 11.8 Å². The molecular weight excluding hydrogens is 329 g/mol. The normalized spacial score (nSPS) is 16.2. The molecule has 3 rings (SSSR count). The van der Waals surface area contributed by atoms with Crippen LogP contribution in [0.1, 0.15) is 38.7 Å². The number of thioether (sulfide) groups is 1. The van der Waals surface area contributed by atoms with Gasteiger partial charge in [-0.15, -0.1) is 11.8 Å². The molecule has 6 heteroatoms. The van der Waals surface area contributed by atoms with Gasteiger partial charge in [0.1, 0.15) is 5.82 Å². The molecule has 1 aliphatic heterocycles. The molecule has 0 aliphatic carbocycles. The molecular formula is C18H16FNO3S. The second-order valence-corrected chi connectivity index (χ2v) is 6.55. The Bertz CT molecular complexity index is 776. The SMILES string of the molecule is COC(=O)c1ccc(C(=O)N[C@@H]2CCSc3ccc(F)cc32)cc1. The fourth-order valence-corrected chi connectivity index (χ4v) is 3.74. The van der Waals surface area contributed by atoms with E-state index in [9.17, 15) is 14.0 Å². The van der Waals surface area contributed by atoms with Crippen molar-refractivity contribution in [3.63, 3.8) is 0 Å². The summed E-state index contributed by atoms with van der Waals surface area (Å²) in [5, 5.41) is 2.95. The van der Waals surface area contributed by atoms with Gasteiger partial charge in [-0.25, -0.2) is 9.18 Å². The van der Waals surface area contributed by atoms with Crippen molar-refractivity contribution in [3.8, 4) is 0 Å². The second kappa shape index (κ2) is 7.05. The number of hydrogen-bond acceptors (Lipinski definition) is 4. The van der Waals surface area contributed by atoms with Crippen molar-refractivity contribution in [1.82, 2.24) is 5.32 Å². The highest BCUT2D eigenvalue weighted by Crippen LogP contribution is 2.36. The van der Waals surface area contributed by atoms with Gasteiger partial charge in [0.05, 0.1) is 18.7 Å². The molecule has 1 amide bonds. The summed E-state index contributed by atoms with van der Waals surface area (Å²) < 4.78 is 18.1. The van der Waals surface area contributed by atoms with Gasteiger partial charge >= 0.3 is 5.97 Å². The van der Waals surface area contributed by atoms with Crippen molar-refractivity contribution < 1.29 is 18.7 Å². The molecule has 0 saturated carbocycles. The van der Waals surface area contributed by atoms with E-state index in [1.54, 1.807) is 42.1 Å². The van der Waals surface area contributed by atoms with E-state index in [1.165, 1.54) is 19.2 Å². The number of benzene rings is 2. The van der Waals surface area contributed by atoms with Crippen LogP contribution in [0.3, 0.4) is 0 Å². The predicted molar refractivity (Wildman–Crippen MR) is 89.7 cm³/mol. The van der Waals surface area contributed by atoms with E-state index in [1.807, 2.05) is 0 Å². The van der Waals surface area contributed by atoms with Gasteiger partial charge in [-0.05, 0) is 54.4 Å². The van der Waals surface area contributed by atoms with Crippen LogP contribution in [0.25, 0.3) is 0 Å². The Balaban J connectivity index is 1.76. The molecule has 0 fully saturated rings. The highest BCUT2D eigenvalue weighted by atomic mass is 32.2. The minimum atomic E-state index is -0.448. The van der Waals surface area contributed by atoms with Crippen molar-refractivity contribution in [1.29, 1.82) is 0 Å². The third-order valence-corrected chi connectivity index (χ3v) is 5.01. The van der Waals surface area contributed by atoms with E-state index in [0.29, 0.717) is 11.1 Å². The first kappa shape index (κ1) is 16.5. The summed E-state index contributed by atoms with van der Waals surface area (Å²) >= 11 is 1.66. The van der Waals surface area contributed by atoms with Crippen molar-refractivity contribution >= 4 is 23.6 Å². The number of carbonyl (C=O) groups is 2. The Morgan fingerprint density at radius 1 is 1.17 bits per heavy atom. The molecule has 0 aromatic heterocycles. The van der Waals surface area contributed by atoms with Crippen LogP contribution in [-0.2, 0) is 4.74 Å². The van der Waals surface area contributed by atoms with Crippen LogP contribution in [0.15, 0.2) is 47.4 Å². The number of nitrogens with one attached hydrogen (secondary N) is 1. The predicted octanol–water partition coefficient (Wildman–Crippen LogP) is 3.58. The van der Waals surface area contributed by atoms with Gasteiger partial charge in [0.25, 0.3) is 5.91 Å². The Kier molecular flexibility index (Phi) is 4.85. The van der Waals surface area contributed by atoms with E-state index in [-0.39, 0.29) is 17.8 Å². The molecule has 124 valence electrons. The molecule has 0 bridgehead atoms. The number of fused-ring (bicyclic) bond motifs is 1. The molecule has 24 heavy (non-hydrogen) atoms. The van der Waals surface area contributed by atoms with Crippen molar-refractivity contribution in [2.75, 3.05) is 12.9 Å². The highest BCUT2D eigenvalue weighted by Gasteiger charge is 2.23. The Morgan fingerprint density at radius 2 is 1.88 bits per heavy atom. The lowest BCUT2D eigenvalue weighted by molar-refractivity contribution is 0.0600. The maximum Gasteiger partial charge on any atom is 0.337 e. The topological polar surface area (TPSA) is 55.4 Å². The fraction of sp³-hybridized carbons (Fsp3) is 0.222. The number of ether oxygens (including phenoxy) is 1. The van der Waals surface area contributed by atoms with Gasteiger partial charge in [-0.3, -0.25) is 4.79 Å². The van der Waals surface area contributed by atoms with E-state index >= 15 is 0 Å². The van der Waals surface area contributed by atoms with Crippen molar-refractivity contribution in [2.24, 2.45) is 0 Å². The molecule has 1 aliphatic rings. The molecule has 0 spiro atoms. The van der Waals surface area contributed by atoms with Crippen LogP contribution in [0.2, 0.25) is 0 Å². The van der Waals surface area contributed by atoms with Crippen molar-refractivity contribution in [3.05, 3.63) is 65.0 Å². The monoisotopic (exact) mass is 345 g/mol. The summed E-state index contributed by atoms with van der Waals surface area (Å²) in [6.07, 6.45) is 0.743. The summed E-state index contributed by atoms with van der Waals surface area (Å²) in [4.78, 5) is 24.8. The molecule has 2 aromatic rings. The largest absolute Gasteiger partial charge is 0.465 e. The van der Waals surface area contributed by atoms with E-state index in [2.05, 4.69) is 10.1 Å². The standard InChI is InChI=1S/C18H16FNO3S/c1-23-18(22)12-4-2-11(3-5-12)17(21)20-15-8-9-24-16-7-6-13(19)10-14(15)16/h2-7,10,15H,8-9H2,1H3,(H,20,21)/t15-/m1/s1. The van der Waals surface area contributed by atoms with Crippen LogP contribution in [0, 0.1) is 5.82 Å². The van der Waals surface area contributed by atoms with Gasteiger partial charge in [0.15, 0.2) is 0 Å². The van der Waals surface area contributed by atoms with Gasteiger partial charge in [-0.1, -0.05) is 0 Å². The lowest BCUT2D eigenvalue weighted by Gasteiger charge is -2.26. The third-order valence-electron chi connectivity index (χ3n) is 3.88. The van der Waals surface area contributed by atoms with Gasteiger partial charge in [0, 0.05) is 16.2 Å². The lowest BCUT2D eigenvalue weighted by Crippen LogP contribution is -2.30. The zero-order valence-corrected chi connectivity index (χ0v) is 13.9. The molecule has 0 unspecified atom stereocenters. The summed E-state index contributed by atoms with van der Waals surface area (Å²) in [7, 11) is 1.31. The zero-order chi connectivity index (χ0) is 17.1. The van der Waals surface area contributed by atoms with E-state index < -0.39 is 5.97 Å². The van der Waals surface area contributed by atoms with Gasteiger partial charge < -0.3 is 10.1 Å². The molecule has 0 radical (unpaired) electrons. The van der Waals surface area contributed by atoms with Gasteiger partial charge in [-0.2, -0.15) is 0 Å². The molecule has 4 nitrogen and oxygen atoms in total. The smallest absolute Gasteiger partial charge is 0.337 e. The van der Waals surface area contributed by atoms with Gasteiger partial charge in [0.2, 0.25) is 0 Å². The van der Waals surface area contributed by atoms with Crippen LogP contribution in [0.4, 0.5) is 4.39 Å². The summed E-state index contributed by atoms with van der Waals surface area (Å²) in [6.45, 7) is 0. The molecule has 1 N–H and O–H groups in total. The maximum absolute atomic E-state index is 13.5. The Hall–Kier alpha value is -2.34. The second-order valence-electron chi connectivity index (χ2n) is 5.41. The molecule has 2 aromatic carbocycles. The number of rotatable bonds is 3. The minimum absolute atomic E-state index is 0.218. The first-order valence-corrected chi connectivity index (χ1v) is 8.48. The maximum atomic E-state index is 13.5. The average molecular weight is 345 g/mol. The number of esters is 1. The van der Waals surface area contributed by atoms with Crippen LogP contribution in [-0.4, -0.2) is 24.7 Å². The summed E-state index contributed by atoms with van der Waals surface area (Å²) in [5.74, 6) is -0.141.